The van der Waals surface area contributed by atoms with E-state index >= 15 is 0 Å². The third kappa shape index (κ3) is 5.62. The number of piperazine rings is 1. The Bertz CT molecular complexity index is 1360. The molecule has 0 bridgehead atoms. The highest BCUT2D eigenvalue weighted by molar-refractivity contribution is 7.12. The lowest BCUT2D eigenvalue weighted by atomic mass is 10.2. The minimum atomic E-state index is -0.0945. The zero-order valence-corrected chi connectivity index (χ0v) is 20.4. The number of anilines is 4. The molecule has 0 radical (unpaired) electrons. The van der Waals surface area contributed by atoms with Gasteiger partial charge < -0.3 is 26.0 Å². The average molecular weight is 504 g/mol. The average Bonchev–Trinajstić information content (AvgIpc) is 3.37. The van der Waals surface area contributed by atoms with Gasteiger partial charge in [0.2, 0.25) is 5.95 Å². The number of amides is 1. The zero-order valence-electron chi connectivity index (χ0n) is 19.5. The molecule has 184 valence electrons. The summed E-state index contributed by atoms with van der Waals surface area (Å²) in [4.78, 5) is 37.4. The molecule has 1 aliphatic heterocycles. The van der Waals surface area contributed by atoms with E-state index in [2.05, 4.69) is 40.9 Å². The van der Waals surface area contributed by atoms with Gasteiger partial charge in [-0.2, -0.15) is 4.98 Å². The molecule has 11 nitrogen and oxygen atoms in total. The van der Waals surface area contributed by atoms with Crippen molar-refractivity contribution in [1.29, 1.82) is 0 Å². The van der Waals surface area contributed by atoms with Crippen LogP contribution >= 0.6 is 11.3 Å². The highest BCUT2D eigenvalue weighted by Crippen LogP contribution is 2.24. The molecule has 0 saturated carbocycles. The molecule has 4 aromatic rings. The van der Waals surface area contributed by atoms with Gasteiger partial charge in [-0.05, 0) is 37.3 Å². The van der Waals surface area contributed by atoms with Crippen molar-refractivity contribution in [1.82, 2.24) is 35.1 Å². The molecule has 12 heteroatoms. The van der Waals surface area contributed by atoms with Gasteiger partial charge in [0.05, 0.1) is 17.2 Å². The summed E-state index contributed by atoms with van der Waals surface area (Å²) in [5.41, 5.74) is 2.31. The second kappa shape index (κ2) is 10.7. The number of hydrogen-bond donors (Lipinski definition) is 4. The number of hydrogen-bond acceptors (Lipinski definition) is 11. The lowest BCUT2D eigenvalue weighted by molar-refractivity contribution is 0.0676. The molecule has 1 amide bonds. The Kier molecular flexibility index (Phi) is 7.07. The standard InChI is InChI=1S/C24H25N9O2S/c1-15-3-2-4-18(28-15)22-26-7-5-20(31-22)30-21-6-8-27-24(32-21)29-16-11-19(36-14-16)23(35)33-10-9-25-17(12-33)13-34/h2-8,11,14,17,25,34H,9-10,12-13H2,1H3,(H2,26,27,29,30,31,32)/t17-/m1/s1. The van der Waals surface area contributed by atoms with Crippen LogP contribution in [0.1, 0.15) is 15.4 Å². The SMILES string of the molecule is Cc1cccc(-c2nccc(Nc3ccnc(Nc4csc(C(=O)N5CCN[C@@H](CO)C5)c4)n3)n2)n1. The summed E-state index contributed by atoms with van der Waals surface area (Å²) in [5.74, 6) is 1.98. The van der Waals surface area contributed by atoms with E-state index in [4.69, 9.17) is 0 Å². The van der Waals surface area contributed by atoms with Crippen LogP contribution in [0, 0.1) is 6.92 Å². The van der Waals surface area contributed by atoms with E-state index in [1.165, 1.54) is 11.3 Å². The summed E-state index contributed by atoms with van der Waals surface area (Å²) in [6.07, 6.45) is 3.30. The van der Waals surface area contributed by atoms with Crippen molar-refractivity contribution in [2.75, 3.05) is 36.9 Å². The van der Waals surface area contributed by atoms with Crippen LogP contribution in [0.5, 0.6) is 0 Å². The predicted octanol–water partition coefficient (Wildman–Crippen LogP) is 2.59. The van der Waals surface area contributed by atoms with Crippen molar-refractivity contribution in [3.63, 3.8) is 0 Å². The van der Waals surface area contributed by atoms with Gasteiger partial charge in [-0.25, -0.2) is 19.9 Å². The number of nitrogens with zero attached hydrogens (tertiary/aromatic N) is 6. The maximum absolute atomic E-state index is 12.9. The molecule has 5 rings (SSSR count). The second-order valence-electron chi connectivity index (χ2n) is 8.23. The highest BCUT2D eigenvalue weighted by Gasteiger charge is 2.24. The van der Waals surface area contributed by atoms with Crippen molar-refractivity contribution < 1.29 is 9.90 Å². The molecule has 1 atom stereocenters. The molecule has 5 heterocycles. The number of thiophene rings is 1. The van der Waals surface area contributed by atoms with Crippen LogP contribution in [-0.4, -0.2) is 73.1 Å². The van der Waals surface area contributed by atoms with Gasteiger partial charge in [-0.1, -0.05) is 6.07 Å². The molecule has 36 heavy (non-hydrogen) atoms. The largest absolute Gasteiger partial charge is 0.395 e. The summed E-state index contributed by atoms with van der Waals surface area (Å²) in [6, 6.07) is 10.9. The monoisotopic (exact) mass is 503 g/mol. The van der Waals surface area contributed by atoms with Crippen LogP contribution in [0.15, 0.2) is 54.2 Å². The van der Waals surface area contributed by atoms with E-state index in [1.54, 1.807) is 35.5 Å². The number of rotatable bonds is 7. The summed E-state index contributed by atoms with van der Waals surface area (Å²) in [6.45, 7) is 3.68. The molecule has 0 unspecified atom stereocenters. The predicted molar refractivity (Wildman–Crippen MR) is 138 cm³/mol. The summed E-state index contributed by atoms with van der Waals surface area (Å²) >= 11 is 1.36. The van der Waals surface area contributed by atoms with Crippen LogP contribution in [0.4, 0.5) is 23.3 Å². The van der Waals surface area contributed by atoms with Gasteiger partial charge in [-0.15, -0.1) is 11.3 Å². The minimum Gasteiger partial charge on any atom is -0.395 e. The zero-order chi connectivity index (χ0) is 24.9. The number of aromatic nitrogens is 5. The molecule has 0 aromatic carbocycles. The molecule has 4 aromatic heterocycles. The first-order chi connectivity index (χ1) is 17.6. The first kappa shape index (κ1) is 23.7. The van der Waals surface area contributed by atoms with Crippen LogP contribution in [0.3, 0.4) is 0 Å². The lowest BCUT2D eigenvalue weighted by Crippen LogP contribution is -2.53. The molecule has 0 aliphatic carbocycles. The van der Waals surface area contributed by atoms with Crippen molar-refractivity contribution >= 4 is 40.5 Å². The van der Waals surface area contributed by atoms with Crippen molar-refractivity contribution in [2.45, 2.75) is 13.0 Å². The molecule has 0 spiro atoms. The third-order valence-corrected chi connectivity index (χ3v) is 6.43. The van der Waals surface area contributed by atoms with Crippen LogP contribution in [0.2, 0.25) is 0 Å². The maximum atomic E-state index is 12.9. The Morgan fingerprint density at radius 3 is 2.81 bits per heavy atom. The maximum Gasteiger partial charge on any atom is 0.264 e. The van der Waals surface area contributed by atoms with Crippen molar-refractivity contribution in [2.24, 2.45) is 0 Å². The van der Waals surface area contributed by atoms with Crippen molar-refractivity contribution in [3.8, 4) is 11.5 Å². The number of aliphatic hydroxyl groups is 1. The normalized spacial score (nSPS) is 15.5. The van der Waals surface area contributed by atoms with Gasteiger partial charge in [0, 0.05) is 49.1 Å². The van der Waals surface area contributed by atoms with Crippen LogP contribution < -0.4 is 16.0 Å². The number of aryl methyl sites for hydroxylation is 1. The van der Waals surface area contributed by atoms with E-state index < -0.39 is 0 Å². The fourth-order valence-corrected chi connectivity index (χ4v) is 4.58. The van der Waals surface area contributed by atoms with Gasteiger partial charge >= 0.3 is 0 Å². The van der Waals surface area contributed by atoms with E-state index in [9.17, 15) is 9.90 Å². The summed E-state index contributed by atoms with van der Waals surface area (Å²) in [7, 11) is 0. The number of carbonyl (C=O) groups is 1. The van der Waals surface area contributed by atoms with Gasteiger partial charge in [0.25, 0.3) is 5.91 Å². The number of pyridine rings is 1. The Morgan fingerprint density at radius 1 is 1.14 bits per heavy atom. The Morgan fingerprint density at radius 2 is 1.97 bits per heavy atom. The molecular formula is C24H25N9O2S. The molecule has 1 saturated heterocycles. The van der Waals surface area contributed by atoms with Crippen LogP contribution in [0.25, 0.3) is 11.5 Å². The first-order valence-corrected chi connectivity index (χ1v) is 12.3. The smallest absolute Gasteiger partial charge is 0.264 e. The number of nitrogens with one attached hydrogen (secondary N) is 3. The van der Waals surface area contributed by atoms with Crippen molar-refractivity contribution in [3.05, 3.63) is 64.7 Å². The minimum absolute atomic E-state index is 0.00187. The van der Waals surface area contributed by atoms with Gasteiger partial charge in [0.1, 0.15) is 17.3 Å². The first-order valence-electron chi connectivity index (χ1n) is 11.4. The number of aliphatic hydroxyl groups excluding tert-OH is 1. The van der Waals surface area contributed by atoms with Gasteiger partial charge in [-0.3, -0.25) is 4.79 Å². The Balaban J connectivity index is 1.25. The molecular weight excluding hydrogens is 478 g/mol. The molecule has 1 aliphatic rings. The topological polar surface area (TPSA) is 141 Å². The van der Waals surface area contributed by atoms with E-state index in [0.717, 1.165) is 11.4 Å². The third-order valence-electron chi connectivity index (χ3n) is 5.51. The van der Waals surface area contributed by atoms with E-state index in [0.29, 0.717) is 53.6 Å². The van der Waals surface area contributed by atoms with Crippen LogP contribution in [-0.2, 0) is 0 Å². The highest BCUT2D eigenvalue weighted by atomic mass is 32.1. The Labute approximate surface area is 211 Å². The fraction of sp³-hybridized carbons (Fsp3) is 0.250. The quantitative estimate of drug-likeness (QED) is 0.297. The lowest BCUT2D eigenvalue weighted by Gasteiger charge is -2.32. The molecule has 1 fully saturated rings. The number of carbonyl (C=O) groups excluding carboxylic acids is 1. The summed E-state index contributed by atoms with van der Waals surface area (Å²) in [5, 5.41) is 20.8. The van der Waals surface area contributed by atoms with E-state index in [-0.39, 0.29) is 18.6 Å². The second-order valence-corrected chi connectivity index (χ2v) is 9.14. The van der Waals surface area contributed by atoms with E-state index in [1.807, 2.05) is 30.5 Å². The molecule has 4 N–H and O–H groups in total. The fourth-order valence-electron chi connectivity index (χ4n) is 3.77. The van der Waals surface area contributed by atoms with Gasteiger partial charge in [0.15, 0.2) is 5.82 Å². The Hall–Kier alpha value is -4.00. The summed E-state index contributed by atoms with van der Waals surface area (Å²) < 4.78 is 0.